The van der Waals surface area contributed by atoms with Crippen LogP contribution in [0.15, 0.2) is 41.4 Å². The molecule has 2 aromatic rings. The van der Waals surface area contributed by atoms with E-state index in [1.54, 1.807) is 23.1 Å². The standard InChI is InChI=1S/C16H16ClF3N4O2S/c17-12-9-11(16(18,19)20)10-22-15(12)24-7-5-23(6-8-24)13-3-1-2-4-14(13)27(21,25)26/h1-4,9-10H,5-8H2,(H2,21,25,26). The number of para-hydroxylation sites is 1. The second-order valence-corrected chi connectivity index (χ2v) is 7.95. The van der Waals surface area contributed by atoms with E-state index in [4.69, 9.17) is 16.7 Å². The number of halogens is 4. The first-order valence-electron chi connectivity index (χ1n) is 7.92. The van der Waals surface area contributed by atoms with Gasteiger partial charge in [-0.05, 0) is 18.2 Å². The summed E-state index contributed by atoms with van der Waals surface area (Å²) >= 11 is 5.99. The second kappa shape index (κ2) is 7.17. The van der Waals surface area contributed by atoms with Gasteiger partial charge in [0, 0.05) is 32.4 Å². The summed E-state index contributed by atoms with van der Waals surface area (Å²) in [6, 6.07) is 7.26. The number of sulfonamides is 1. The van der Waals surface area contributed by atoms with Crippen molar-refractivity contribution in [2.24, 2.45) is 5.14 Å². The molecule has 1 fully saturated rings. The van der Waals surface area contributed by atoms with Gasteiger partial charge in [-0.3, -0.25) is 0 Å². The number of hydrogen-bond acceptors (Lipinski definition) is 5. The summed E-state index contributed by atoms with van der Waals surface area (Å²) in [5, 5.41) is 5.19. The largest absolute Gasteiger partial charge is 0.417 e. The number of pyridine rings is 1. The molecule has 2 heterocycles. The topological polar surface area (TPSA) is 79.5 Å². The SMILES string of the molecule is NS(=O)(=O)c1ccccc1N1CCN(c2ncc(C(F)(F)F)cc2Cl)CC1. The van der Waals surface area contributed by atoms with Crippen LogP contribution in [0.1, 0.15) is 5.56 Å². The number of anilines is 2. The maximum Gasteiger partial charge on any atom is 0.417 e. The molecule has 1 aliphatic rings. The molecule has 0 radical (unpaired) electrons. The lowest BCUT2D eigenvalue weighted by Gasteiger charge is -2.37. The average Bonchev–Trinajstić information content (AvgIpc) is 2.60. The molecular weight excluding hydrogens is 405 g/mol. The van der Waals surface area contributed by atoms with E-state index in [2.05, 4.69) is 4.98 Å². The molecule has 27 heavy (non-hydrogen) atoms. The van der Waals surface area contributed by atoms with Gasteiger partial charge in [0.25, 0.3) is 0 Å². The first-order valence-corrected chi connectivity index (χ1v) is 9.84. The molecule has 1 saturated heterocycles. The molecule has 0 bridgehead atoms. The Morgan fingerprint density at radius 1 is 1.07 bits per heavy atom. The number of alkyl halides is 3. The fourth-order valence-electron chi connectivity index (χ4n) is 2.94. The van der Waals surface area contributed by atoms with E-state index in [0.717, 1.165) is 12.3 Å². The third kappa shape index (κ3) is 4.28. The molecule has 146 valence electrons. The van der Waals surface area contributed by atoms with E-state index >= 15 is 0 Å². The lowest BCUT2D eigenvalue weighted by molar-refractivity contribution is -0.137. The van der Waals surface area contributed by atoms with E-state index in [0.29, 0.717) is 31.9 Å². The maximum absolute atomic E-state index is 12.7. The third-order valence-corrected chi connectivity index (χ3v) is 5.48. The Morgan fingerprint density at radius 3 is 2.22 bits per heavy atom. The summed E-state index contributed by atoms with van der Waals surface area (Å²) in [4.78, 5) is 7.51. The van der Waals surface area contributed by atoms with Gasteiger partial charge in [0.15, 0.2) is 0 Å². The van der Waals surface area contributed by atoms with Gasteiger partial charge in [-0.1, -0.05) is 23.7 Å². The Kier molecular flexibility index (Phi) is 5.24. The number of piperazine rings is 1. The lowest BCUT2D eigenvalue weighted by Crippen LogP contribution is -2.47. The Morgan fingerprint density at radius 2 is 1.67 bits per heavy atom. The van der Waals surface area contributed by atoms with Gasteiger partial charge in [-0.15, -0.1) is 0 Å². The van der Waals surface area contributed by atoms with Gasteiger partial charge < -0.3 is 9.80 Å². The summed E-state index contributed by atoms with van der Waals surface area (Å²) in [5.74, 6) is 0.268. The van der Waals surface area contributed by atoms with Crippen LogP contribution in [-0.2, 0) is 16.2 Å². The van der Waals surface area contributed by atoms with Crippen LogP contribution < -0.4 is 14.9 Å². The highest BCUT2D eigenvalue weighted by atomic mass is 35.5. The number of benzene rings is 1. The zero-order chi connectivity index (χ0) is 19.8. The van der Waals surface area contributed by atoms with Crippen LogP contribution in [0.5, 0.6) is 0 Å². The zero-order valence-corrected chi connectivity index (χ0v) is 15.5. The highest BCUT2D eigenvalue weighted by molar-refractivity contribution is 7.89. The number of primary sulfonamides is 1. The van der Waals surface area contributed by atoms with E-state index in [-0.39, 0.29) is 15.7 Å². The third-order valence-electron chi connectivity index (χ3n) is 4.24. The van der Waals surface area contributed by atoms with E-state index in [1.807, 2.05) is 4.90 Å². The van der Waals surface area contributed by atoms with E-state index < -0.39 is 21.8 Å². The summed E-state index contributed by atoms with van der Waals surface area (Å²) in [5.41, 5.74) is -0.414. The van der Waals surface area contributed by atoms with Gasteiger partial charge in [-0.25, -0.2) is 18.5 Å². The Labute approximate surface area is 159 Å². The van der Waals surface area contributed by atoms with Crippen molar-refractivity contribution in [2.45, 2.75) is 11.1 Å². The monoisotopic (exact) mass is 420 g/mol. The molecule has 0 aliphatic carbocycles. The van der Waals surface area contributed by atoms with Crippen LogP contribution in [0.4, 0.5) is 24.7 Å². The normalized spacial score (nSPS) is 15.9. The van der Waals surface area contributed by atoms with E-state index in [1.165, 1.54) is 6.07 Å². The van der Waals surface area contributed by atoms with Crippen molar-refractivity contribution in [2.75, 3.05) is 36.0 Å². The van der Waals surface area contributed by atoms with Crippen molar-refractivity contribution in [3.63, 3.8) is 0 Å². The first kappa shape index (κ1) is 19.7. The molecule has 11 heteroatoms. The molecule has 0 spiro atoms. The minimum atomic E-state index is -4.51. The van der Waals surface area contributed by atoms with Crippen molar-refractivity contribution in [1.82, 2.24) is 4.98 Å². The molecule has 2 N–H and O–H groups in total. The Bertz CT molecular complexity index is 945. The lowest BCUT2D eigenvalue weighted by atomic mass is 10.2. The number of nitrogens with zero attached hydrogens (tertiary/aromatic N) is 3. The highest BCUT2D eigenvalue weighted by Gasteiger charge is 2.32. The van der Waals surface area contributed by atoms with E-state index in [9.17, 15) is 21.6 Å². The number of nitrogens with two attached hydrogens (primary N) is 1. The summed E-state index contributed by atoms with van der Waals surface area (Å²) in [6.45, 7) is 1.70. The predicted octanol–water partition coefficient (Wildman–Crippen LogP) is 2.73. The van der Waals surface area contributed by atoms with Crippen molar-refractivity contribution in [3.05, 3.63) is 47.1 Å². The second-order valence-electron chi connectivity index (χ2n) is 6.01. The van der Waals surface area contributed by atoms with Crippen molar-refractivity contribution >= 4 is 33.1 Å². The van der Waals surface area contributed by atoms with Crippen LogP contribution in [0.3, 0.4) is 0 Å². The van der Waals surface area contributed by atoms with Crippen LogP contribution in [0.25, 0.3) is 0 Å². The summed E-state index contributed by atoms with van der Waals surface area (Å²) < 4.78 is 61.7. The van der Waals surface area contributed by atoms with Gasteiger partial charge >= 0.3 is 6.18 Å². The fourth-order valence-corrected chi connectivity index (χ4v) is 3.98. The quantitative estimate of drug-likeness (QED) is 0.826. The molecule has 0 atom stereocenters. The minimum Gasteiger partial charge on any atom is -0.367 e. The molecule has 6 nitrogen and oxygen atoms in total. The minimum absolute atomic E-state index is 0.0316. The smallest absolute Gasteiger partial charge is 0.367 e. The highest BCUT2D eigenvalue weighted by Crippen LogP contribution is 2.34. The van der Waals surface area contributed by atoms with Gasteiger partial charge in [0.2, 0.25) is 10.0 Å². The number of rotatable bonds is 3. The van der Waals surface area contributed by atoms with Crippen molar-refractivity contribution in [1.29, 1.82) is 0 Å². The van der Waals surface area contributed by atoms with Crippen molar-refractivity contribution in [3.8, 4) is 0 Å². The maximum atomic E-state index is 12.7. The molecule has 1 aromatic heterocycles. The zero-order valence-electron chi connectivity index (χ0n) is 13.9. The predicted molar refractivity (Wildman–Crippen MR) is 96.5 cm³/mol. The van der Waals surface area contributed by atoms with Crippen LogP contribution in [-0.4, -0.2) is 39.6 Å². The first-order chi connectivity index (χ1) is 12.6. The molecule has 1 aromatic carbocycles. The van der Waals surface area contributed by atoms with Gasteiger partial charge in [-0.2, -0.15) is 13.2 Å². The Balaban J connectivity index is 1.77. The molecule has 3 rings (SSSR count). The van der Waals surface area contributed by atoms with Crippen LogP contribution in [0, 0.1) is 0 Å². The summed E-state index contributed by atoms with van der Waals surface area (Å²) in [7, 11) is -3.87. The molecular formula is C16H16ClF3N4O2S. The number of aromatic nitrogens is 1. The van der Waals surface area contributed by atoms with Crippen LogP contribution >= 0.6 is 11.6 Å². The van der Waals surface area contributed by atoms with Crippen LogP contribution in [0.2, 0.25) is 5.02 Å². The molecule has 1 aliphatic heterocycles. The van der Waals surface area contributed by atoms with Crippen molar-refractivity contribution < 1.29 is 21.6 Å². The molecule has 0 amide bonds. The average molecular weight is 421 g/mol. The van der Waals surface area contributed by atoms with Gasteiger partial charge in [0.1, 0.15) is 10.7 Å². The summed E-state index contributed by atoms with van der Waals surface area (Å²) in [6.07, 6.45) is -3.75. The fraction of sp³-hybridized carbons (Fsp3) is 0.312. The molecule has 0 unspecified atom stereocenters. The Hall–Kier alpha value is -2.04. The molecule has 0 saturated carbocycles. The number of hydrogen-bond donors (Lipinski definition) is 1. The van der Waals surface area contributed by atoms with Gasteiger partial charge in [0.05, 0.1) is 16.3 Å².